The van der Waals surface area contributed by atoms with Gasteiger partial charge in [0.15, 0.2) is 0 Å². The van der Waals surface area contributed by atoms with E-state index in [2.05, 4.69) is 12.2 Å². The van der Waals surface area contributed by atoms with E-state index in [1.165, 1.54) is 10.4 Å². The summed E-state index contributed by atoms with van der Waals surface area (Å²) in [4.78, 5) is 28.5. The maximum Gasteiger partial charge on any atom is 0.265 e. The van der Waals surface area contributed by atoms with Crippen molar-refractivity contribution < 1.29 is 14.3 Å². The van der Waals surface area contributed by atoms with Crippen molar-refractivity contribution in [2.45, 2.75) is 26.7 Å². The second-order valence-corrected chi connectivity index (χ2v) is 7.53. The molecule has 1 aliphatic heterocycles. The topological polar surface area (TPSA) is 58.6 Å². The van der Waals surface area contributed by atoms with E-state index in [1.54, 1.807) is 11.3 Å². The summed E-state index contributed by atoms with van der Waals surface area (Å²) in [6.45, 7) is 6.67. The Bertz CT molecular complexity index is 777. The zero-order valence-corrected chi connectivity index (χ0v) is 16.0. The summed E-state index contributed by atoms with van der Waals surface area (Å²) in [5.74, 6) is 0.0289. The Morgan fingerprint density at radius 2 is 1.88 bits per heavy atom. The van der Waals surface area contributed by atoms with E-state index in [0.29, 0.717) is 32.7 Å². The highest BCUT2D eigenvalue weighted by atomic mass is 32.1. The van der Waals surface area contributed by atoms with Gasteiger partial charge in [-0.3, -0.25) is 9.59 Å². The number of aryl methyl sites for hydroxylation is 2. The van der Waals surface area contributed by atoms with Crippen LogP contribution in [0.4, 0.5) is 5.69 Å². The molecule has 0 atom stereocenters. The number of nitrogens with one attached hydrogen (secondary N) is 1. The maximum absolute atomic E-state index is 12.4. The van der Waals surface area contributed by atoms with Crippen LogP contribution in [0.1, 0.15) is 32.6 Å². The fourth-order valence-corrected chi connectivity index (χ4v) is 3.99. The van der Waals surface area contributed by atoms with Gasteiger partial charge in [-0.25, -0.2) is 0 Å². The summed E-state index contributed by atoms with van der Waals surface area (Å²) < 4.78 is 5.27. The highest BCUT2D eigenvalue weighted by Crippen LogP contribution is 2.23. The molecular formula is C20H24N2O3S. The summed E-state index contributed by atoms with van der Waals surface area (Å²) >= 11 is 1.54. The molecule has 0 saturated carbocycles. The number of ether oxygens (including phenoxy) is 1. The van der Waals surface area contributed by atoms with Gasteiger partial charge in [0.05, 0.1) is 24.5 Å². The lowest BCUT2D eigenvalue weighted by atomic mass is 10.1. The number of carbonyl (C=O) groups excluding carboxylic acids is 2. The molecule has 0 unspecified atom stereocenters. The van der Waals surface area contributed by atoms with Crippen molar-refractivity contribution >= 4 is 28.8 Å². The summed E-state index contributed by atoms with van der Waals surface area (Å²) in [7, 11) is 0. The van der Waals surface area contributed by atoms with Crippen LogP contribution in [0.3, 0.4) is 0 Å². The average molecular weight is 372 g/mol. The normalized spacial score (nSPS) is 14.3. The van der Waals surface area contributed by atoms with E-state index in [4.69, 9.17) is 4.74 Å². The summed E-state index contributed by atoms with van der Waals surface area (Å²) in [5, 5.41) is 2.93. The second kappa shape index (κ2) is 8.47. The number of amides is 2. The first kappa shape index (κ1) is 18.6. The molecule has 2 amide bonds. The fourth-order valence-electron chi connectivity index (χ4n) is 2.98. The number of rotatable bonds is 5. The Morgan fingerprint density at radius 3 is 2.50 bits per heavy atom. The Labute approximate surface area is 158 Å². The third-order valence-electron chi connectivity index (χ3n) is 4.50. The Morgan fingerprint density at radius 1 is 1.19 bits per heavy atom. The number of hydrogen-bond donors (Lipinski definition) is 1. The fraction of sp³-hybridized carbons (Fsp3) is 0.400. The van der Waals surface area contributed by atoms with E-state index in [9.17, 15) is 9.59 Å². The SMILES string of the molecule is CCc1sc(C(=O)Nc2ccc(CC(=O)N3CCOCC3)cc2)cc1C. The van der Waals surface area contributed by atoms with Crippen LogP contribution in [-0.4, -0.2) is 43.0 Å². The Hall–Kier alpha value is -2.18. The molecule has 1 saturated heterocycles. The molecule has 6 heteroatoms. The minimum atomic E-state index is -0.0880. The molecule has 1 fully saturated rings. The lowest BCUT2D eigenvalue weighted by Gasteiger charge is -2.26. The molecule has 1 aliphatic rings. The predicted molar refractivity (Wildman–Crippen MR) is 104 cm³/mol. The van der Waals surface area contributed by atoms with Gasteiger partial charge in [-0.2, -0.15) is 0 Å². The van der Waals surface area contributed by atoms with Crippen LogP contribution >= 0.6 is 11.3 Å². The zero-order chi connectivity index (χ0) is 18.5. The van der Waals surface area contributed by atoms with Crippen LogP contribution in [0, 0.1) is 6.92 Å². The van der Waals surface area contributed by atoms with Gasteiger partial charge in [-0.05, 0) is 42.7 Å². The van der Waals surface area contributed by atoms with E-state index >= 15 is 0 Å². The van der Waals surface area contributed by atoms with Crippen LogP contribution < -0.4 is 5.32 Å². The molecule has 138 valence electrons. The maximum atomic E-state index is 12.4. The van der Waals surface area contributed by atoms with Gasteiger partial charge >= 0.3 is 0 Å². The summed E-state index contributed by atoms with van der Waals surface area (Å²) in [6.07, 6.45) is 1.31. The van der Waals surface area contributed by atoms with Gasteiger partial charge in [0.2, 0.25) is 5.91 Å². The first-order valence-corrected chi connectivity index (χ1v) is 9.73. The number of carbonyl (C=O) groups is 2. The van der Waals surface area contributed by atoms with Crippen molar-refractivity contribution in [3.63, 3.8) is 0 Å². The van der Waals surface area contributed by atoms with Crippen LogP contribution in [0.2, 0.25) is 0 Å². The quantitative estimate of drug-likeness (QED) is 0.876. The lowest BCUT2D eigenvalue weighted by molar-refractivity contribution is -0.134. The van der Waals surface area contributed by atoms with Crippen molar-refractivity contribution in [2.24, 2.45) is 0 Å². The molecule has 1 aromatic carbocycles. The van der Waals surface area contributed by atoms with Crippen molar-refractivity contribution in [2.75, 3.05) is 31.6 Å². The van der Waals surface area contributed by atoms with Gasteiger partial charge in [-0.15, -0.1) is 11.3 Å². The van der Waals surface area contributed by atoms with Gasteiger partial charge in [0.25, 0.3) is 5.91 Å². The van der Waals surface area contributed by atoms with Crippen molar-refractivity contribution in [3.05, 3.63) is 51.2 Å². The minimum absolute atomic E-state index is 0.0880. The predicted octanol–water partition coefficient (Wildman–Crippen LogP) is 3.27. The average Bonchev–Trinajstić information content (AvgIpc) is 3.05. The third kappa shape index (κ3) is 4.51. The molecule has 3 rings (SSSR count). The number of hydrogen-bond acceptors (Lipinski definition) is 4. The van der Waals surface area contributed by atoms with E-state index in [0.717, 1.165) is 22.5 Å². The molecular weight excluding hydrogens is 348 g/mol. The Kier molecular flexibility index (Phi) is 6.06. The molecule has 1 aromatic heterocycles. The molecule has 0 aliphatic carbocycles. The van der Waals surface area contributed by atoms with E-state index in [1.807, 2.05) is 42.2 Å². The molecule has 0 radical (unpaired) electrons. The van der Waals surface area contributed by atoms with Crippen LogP contribution in [0.25, 0.3) is 0 Å². The molecule has 1 N–H and O–H groups in total. The molecule has 0 spiro atoms. The van der Waals surface area contributed by atoms with Crippen LogP contribution in [0.5, 0.6) is 0 Å². The van der Waals surface area contributed by atoms with Gasteiger partial charge < -0.3 is 15.0 Å². The summed E-state index contributed by atoms with van der Waals surface area (Å²) in [5.41, 5.74) is 2.85. The molecule has 5 nitrogen and oxygen atoms in total. The molecule has 26 heavy (non-hydrogen) atoms. The minimum Gasteiger partial charge on any atom is -0.378 e. The molecule has 2 aromatic rings. The van der Waals surface area contributed by atoms with E-state index < -0.39 is 0 Å². The Balaban J connectivity index is 1.58. The van der Waals surface area contributed by atoms with Crippen molar-refractivity contribution in [3.8, 4) is 0 Å². The van der Waals surface area contributed by atoms with Crippen LogP contribution in [-0.2, 0) is 22.4 Å². The van der Waals surface area contributed by atoms with E-state index in [-0.39, 0.29) is 11.8 Å². The van der Waals surface area contributed by atoms with Crippen molar-refractivity contribution in [1.82, 2.24) is 4.90 Å². The number of anilines is 1. The monoisotopic (exact) mass is 372 g/mol. The van der Waals surface area contributed by atoms with Crippen LogP contribution in [0.15, 0.2) is 30.3 Å². The number of benzene rings is 1. The second-order valence-electron chi connectivity index (χ2n) is 6.39. The van der Waals surface area contributed by atoms with Gasteiger partial charge in [0.1, 0.15) is 0 Å². The highest BCUT2D eigenvalue weighted by Gasteiger charge is 2.17. The van der Waals surface area contributed by atoms with Crippen molar-refractivity contribution in [1.29, 1.82) is 0 Å². The summed E-state index contributed by atoms with van der Waals surface area (Å²) in [6, 6.07) is 9.42. The number of nitrogens with zero attached hydrogens (tertiary/aromatic N) is 1. The number of thiophene rings is 1. The highest BCUT2D eigenvalue weighted by molar-refractivity contribution is 7.14. The third-order valence-corrected chi connectivity index (χ3v) is 5.88. The first-order valence-electron chi connectivity index (χ1n) is 8.92. The molecule has 0 bridgehead atoms. The lowest BCUT2D eigenvalue weighted by Crippen LogP contribution is -2.41. The number of morpholine rings is 1. The molecule has 2 heterocycles. The zero-order valence-electron chi connectivity index (χ0n) is 15.2. The largest absolute Gasteiger partial charge is 0.378 e. The van der Waals surface area contributed by atoms with Gasteiger partial charge in [0, 0.05) is 23.7 Å². The standard InChI is InChI=1S/C20H24N2O3S/c1-3-17-14(2)12-18(26-17)20(24)21-16-6-4-15(5-7-16)13-19(23)22-8-10-25-11-9-22/h4-7,12H,3,8-11,13H2,1-2H3,(H,21,24). The van der Waals surface area contributed by atoms with Gasteiger partial charge in [-0.1, -0.05) is 19.1 Å². The smallest absolute Gasteiger partial charge is 0.265 e. The first-order chi connectivity index (χ1) is 12.6.